The third-order valence-electron chi connectivity index (χ3n) is 6.94. The summed E-state index contributed by atoms with van der Waals surface area (Å²) >= 11 is 0. The van der Waals surface area contributed by atoms with Gasteiger partial charge in [0.1, 0.15) is 11.6 Å². The first kappa shape index (κ1) is 28.6. The number of halogens is 3. The normalized spacial score (nSPS) is 18.0. The van der Waals surface area contributed by atoms with E-state index in [9.17, 15) is 18.0 Å². The lowest BCUT2D eigenvalue weighted by Crippen LogP contribution is -2.25. The van der Waals surface area contributed by atoms with Crippen LogP contribution >= 0.6 is 0 Å². The van der Waals surface area contributed by atoms with E-state index in [0.717, 1.165) is 62.1 Å². The van der Waals surface area contributed by atoms with Crippen molar-refractivity contribution in [2.45, 2.75) is 50.2 Å². The smallest absolute Gasteiger partial charge is 0.422 e. The average molecular weight is 571 g/mol. The Morgan fingerprint density at radius 2 is 1.63 bits per heavy atom. The second-order valence-corrected chi connectivity index (χ2v) is 10.3. The topological polar surface area (TPSA) is 110 Å². The van der Waals surface area contributed by atoms with Crippen LogP contribution < -0.4 is 25.4 Å². The molecule has 0 radical (unpaired) electrons. The molecule has 12 heteroatoms. The lowest BCUT2D eigenvalue weighted by molar-refractivity contribution is -0.154. The van der Waals surface area contributed by atoms with Crippen molar-refractivity contribution in [3.05, 3.63) is 71.0 Å². The Balaban J connectivity index is 1.39. The molecule has 4 heterocycles. The van der Waals surface area contributed by atoms with Gasteiger partial charge in [0.25, 0.3) is 5.91 Å². The molecule has 9 nitrogen and oxygen atoms in total. The maximum Gasteiger partial charge on any atom is 0.422 e. The van der Waals surface area contributed by atoms with Gasteiger partial charge in [0, 0.05) is 18.5 Å². The molecule has 7 rings (SSSR count). The molecule has 41 heavy (non-hydrogen) atoms. The number of carbonyl (C=O) groups excluding carboxylic acids is 1. The molecule has 3 aromatic rings. The fourth-order valence-electron chi connectivity index (χ4n) is 4.59. The van der Waals surface area contributed by atoms with E-state index in [2.05, 4.69) is 30.9 Å². The first-order valence-corrected chi connectivity index (χ1v) is 13.8. The first-order valence-electron chi connectivity index (χ1n) is 13.8. The van der Waals surface area contributed by atoms with Gasteiger partial charge in [0.05, 0.1) is 12.1 Å². The van der Waals surface area contributed by atoms with E-state index in [0.29, 0.717) is 18.7 Å². The summed E-state index contributed by atoms with van der Waals surface area (Å²) in [7, 11) is 0. The Morgan fingerprint density at radius 1 is 0.902 bits per heavy atom. The van der Waals surface area contributed by atoms with Gasteiger partial charge < -0.3 is 25.4 Å². The molecule has 0 unspecified atom stereocenters. The van der Waals surface area contributed by atoms with Crippen LogP contribution in [0, 0.1) is 0 Å². The predicted molar refractivity (Wildman–Crippen MR) is 146 cm³/mol. The minimum atomic E-state index is -4.54. The molecular weight excluding hydrogens is 537 g/mol. The van der Waals surface area contributed by atoms with Crippen molar-refractivity contribution in [2.75, 3.05) is 38.2 Å². The van der Waals surface area contributed by atoms with Gasteiger partial charge in [-0.1, -0.05) is 24.3 Å². The fourth-order valence-corrected chi connectivity index (χ4v) is 4.59. The Kier molecular flexibility index (Phi) is 8.87. The van der Waals surface area contributed by atoms with E-state index in [4.69, 9.17) is 9.47 Å². The van der Waals surface area contributed by atoms with E-state index in [1.165, 1.54) is 0 Å². The summed E-state index contributed by atoms with van der Waals surface area (Å²) in [6.07, 6.45) is -0.0413. The number of rotatable bonds is 2. The van der Waals surface area contributed by atoms with Crippen molar-refractivity contribution < 1.29 is 27.4 Å². The number of hydrogen-bond acceptors (Lipinski definition) is 8. The fraction of sp³-hybridized carbons (Fsp3) is 0.448. The zero-order valence-corrected chi connectivity index (χ0v) is 22.6. The molecule has 1 amide bonds. The monoisotopic (exact) mass is 570 g/mol. The quantitative estimate of drug-likeness (QED) is 0.416. The van der Waals surface area contributed by atoms with Gasteiger partial charge in [-0.05, 0) is 80.6 Å². The summed E-state index contributed by atoms with van der Waals surface area (Å²) in [6.45, 7) is 1.35. The summed E-state index contributed by atoms with van der Waals surface area (Å²) in [4.78, 5) is 25.3. The molecule has 1 aromatic heterocycles. The SMILES string of the molecule is O=C1NCCCCNCCCOc2ccc(cc2)C2(CC2)Nc2nc(nc(OCC(F)(F)F)n2)Cc2ccc1cc2. The summed E-state index contributed by atoms with van der Waals surface area (Å²) < 4.78 is 49.4. The van der Waals surface area contributed by atoms with Crippen molar-refractivity contribution in [2.24, 2.45) is 0 Å². The van der Waals surface area contributed by atoms with E-state index >= 15 is 0 Å². The number of anilines is 1. The molecule has 218 valence electrons. The maximum atomic E-state index is 12.9. The van der Waals surface area contributed by atoms with Crippen LogP contribution in [0.3, 0.4) is 0 Å². The Labute approximate surface area is 236 Å². The second-order valence-electron chi connectivity index (χ2n) is 10.3. The lowest BCUT2D eigenvalue weighted by atomic mass is 10.1. The Hall–Kier alpha value is -3.93. The highest BCUT2D eigenvalue weighted by Gasteiger charge is 2.45. The summed E-state index contributed by atoms with van der Waals surface area (Å²) in [5.41, 5.74) is 1.87. The van der Waals surface area contributed by atoms with E-state index in [1.54, 1.807) is 24.3 Å². The molecule has 3 aliphatic heterocycles. The van der Waals surface area contributed by atoms with Crippen molar-refractivity contribution in [1.29, 1.82) is 0 Å². The summed E-state index contributed by atoms with van der Waals surface area (Å²) in [5, 5.41) is 9.64. The van der Waals surface area contributed by atoms with E-state index in [-0.39, 0.29) is 24.1 Å². The average Bonchev–Trinajstić information content (AvgIpc) is 3.73. The summed E-state index contributed by atoms with van der Waals surface area (Å²) in [6, 6.07) is 14.4. The Morgan fingerprint density at radius 3 is 2.37 bits per heavy atom. The first-order chi connectivity index (χ1) is 19.8. The molecule has 0 atom stereocenters. The molecule has 1 saturated carbocycles. The van der Waals surface area contributed by atoms with Crippen LogP contribution in [0.1, 0.15) is 59.4 Å². The van der Waals surface area contributed by atoms with Crippen molar-refractivity contribution in [3.63, 3.8) is 0 Å². The maximum absolute atomic E-state index is 12.9. The zero-order valence-electron chi connectivity index (χ0n) is 22.6. The number of ether oxygens (including phenoxy) is 2. The minimum absolute atomic E-state index is 0.138. The van der Waals surface area contributed by atoms with Crippen LogP contribution in [-0.4, -0.2) is 59.9 Å². The van der Waals surface area contributed by atoms with Gasteiger partial charge in [-0.3, -0.25) is 4.79 Å². The van der Waals surface area contributed by atoms with Crippen LogP contribution in [0.4, 0.5) is 19.1 Å². The highest BCUT2D eigenvalue weighted by Crippen LogP contribution is 2.48. The minimum Gasteiger partial charge on any atom is -0.494 e. The van der Waals surface area contributed by atoms with Gasteiger partial charge in [-0.2, -0.15) is 28.1 Å². The molecule has 0 saturated heterocycles. The third-order valence-corrected chi connectivity index (χ3v) is 6.94. The number of nitrogens with one attached hydrogen (secondary N) is 3. The van der Waals surface area contributed by atoms with E-state index < -0.39 is 24.3 Å². The molecule has 1 aliphatic carbocycles. The molecule has 1 spiro atoms. The van der Waals surface area contributed by atoms with Crippen molar-refractivity contribution in [3.8, 4) is 11.8 Å². The van der Waals surface area contributed by atoms with Gasteiger partial charge in [-0.15, -0.1) is 0 Å². The van der Waals surface area contributed by atoms with Gasteiger partial charge in [0.2, 0.25) is 5.95 Å². The number of carbonyl (C=O) groups is 1. The van der Waals surface area contributed by atoms with Gasteiger partial charge in [0.15, 0.2) is 6.61 Å². The number of alkyl halides is 3. The third kappa shape index (κ3) is 8.29. The number of aromatic nitrogens is 3. The van der Waals surface area contributed by atoms with Gasteiger partial charge in [-0.25, -0.2) is 0 Å². The summed E-state index contributed by atoms with van der Waals surface area (Å²) in [5.74, 6) is 0.986. The highest BCUT2D eigenvalue weighted by atomic mass is 19.4. The zero-order chi connectivity index (χ0) is 28.7. The van der Waals surface area contributed by atoms with Crippen LogP contribution in [0.5, 0.6) is 11.8 Å². The molecule has 6 bridgehead atoms. The number of fused-ring (bicyclic) bond motifs is 2. The molecular formula is C29H33F3N6O3. The number of amides is 1. The van der Waals surface area contributed by atoms with Crippen LogP contribution in [-0.2, 0) is 12.0 Å². The van der Waals surface area contributed by atoms with E-state index in [1.807, 2.05) is 24.3 Å². The largest absolute Gasteiger partial charge is 0.494 e. The predicted octanol–water partition coefficient (Wildman–Crippen LogP) is 4.39. The van der Waals surface area contributed by atoms with Crippen LogP contribution in [0.2, 0.25) is 0 Å². The van der Waals surface area contributed by atoms with Crippen LogP contribution in [0.15, 0.2) is 48.5 Å². The Bertz CT molecular complexity index is 1310. The second kappa shape index (κ2) is 12.7. The lowest BCUT2D eigenvalue weighted by Gasteiger charge is -2.19. The van der Waals surface area contributed by atoms with Crippen LogP contribution in [0.25, 0.3) is 0 Å². The highest BCUT2D eigenvalue weighted by molar-refractivity contribution is 5.94. The number of nitrogens with zero attached hydrogens (tertiary/aromatic N) is 3. The van der Waals surface area contributed by atoms with Gasteiger partial charge >= 0.3 is 12.2 Å². The molecule has 2 aromatic carbocycles. The number of benzene rings is 2. The molecule has 4 aliphatic rings. The van der Waals surface area contributed by atoms with Crippen molar-refractivity contribution >= 4 is 11.9 Å². The molecule has 1 fully saturated rings. The molecule has 3 N–H and O–H groups in total. The standard InChI is InChI=1S/C29H33F3N6O3/c30-29(31,32)19-41-27-36-24-18-20-4-6-21(7-5-20)25(39)34-16-2-1-14-33-15-3-17-40-23-10-8-22(9-11-23)28(12-13-28)38-26(35-24)37-27/h4-11,33H,1-3,12-19H2,(H,34,39)(H,35,36,37,38). The number of hydrogen-bond donors (Lipinski definition) is 3. The van der Waals surface area contributed by atoms with Crippen molar-refractivity contribution in [1.82, 2.24) is 25.6 Å².